The van der Waals surface area contributed by atoms with Crippen LogP contribution in [0.15, 0.2) is 70.7 Å². The molecule has 0 bridgehead atoms. The molecule has 0 aliphatic carbocycles. The van der Waals surface area contributed by atoms with E-state index in [9.17, 15) is 9.59 Å². The molecule has 206 valence electrons. The zero-order valence-electron chi connectivity index (χ0n) is 21.9. The lowest BCUT2D eigenvalue weighted by molar-refractivity contribution is 0.0855. The molecule has 2 fully saturated rings. The summed E-state index contributed by atoms with van der Waals surface area (Å²) >= 11 is 0. The first-order chi connectivity index (χ1) is 19.7. The number of hydrogen-bond donors (Lipinski definition) is 2. The molecule has 40 heavy (non-hydrogen) atoms. The maximum absolute atomic E-state index is 13.0. The fraction of sp³-hybridized carbons (Fsp3) is 0.333. The van der Waals surface area contributed by atoms with Crippen molar-refractivity contribution >= 4 is 55.2 Å². The van der Waals surface area contributed by atoms with Gasteiger partial charge in [0.1, 0.15) is 0 Å². The quantitative estimate of drug-likeness (QED) is 0.256. The first kappa shape index (κ1) is 27.0. The van der Waals surface area contributed by atoms with Gasteiger partial charge in [-0.05, 0) is 62.1 Å². The molecule has 2 aliphatic rings. The highest BCUT2D eigenvalue weighted by Crippen LogP contribution is 2.43. The Morgan fingerprint density at radius 2 is 1.20 bits per heavy atom. The van der Waals surface area contributed by atoms with Crippen LogP contribution in [-0.4, -0.2) is 60.3 Å². The molecule has 2 amide bonds. The SMILES string of the molecule is O=C(NCC1CCCO1)c1ccc(SSc2ccc(C(=O)NCC3CCCO3)c3cccnc23)c2ncccc12. The number of carbonyl (C=O) groups is 2. The highest BCUT2D eigenvalue weighted by molar-refractivity contribution is 8.76. The van der Waals surface area contributed by atoms with Crippen LogP contribution in [0.2, 0.25) is 0 Å². The summed E-state index contributed by atoms with van der Waals surface area (Å²) in [6, 6.07) is 15.2. The molecule has 2 unspecified atom stereocenters. The fourth-order valence-electron chi connectivity index (χ4n) is 5.13. The number of rotatable bonds is 9. The summed E-state index contributed by atoms with van der Waals surface area (Å²) in [7, 11) is 3.12. The third-order valence-electron chi connectivity index (χ3n) is 7.20. The van der Waals surface area contributed by atoms with E-state index in [2.05, 4.69) is 20.6 Å². The second kappa shape index (κ2) is 12.6. The Balaban J connectivity index is 1.19. The molecule has 2 aromatic carbocycles. The lowest BCUT2D eigenvalue weighted by Gasteiger charge is -2.14. The second-order valence-corrected chi connectivity index (χ2v) is 12.1. The maximum atomic E-state index is 13.0. The van der Waals surface area contributed by atoms with Gasteiger partial charge < -0.3 is 20.1 Å². The zero-order valence-corrected chi connectivity index (χ0v) is 23.6. The molecule has 0 radical (unpaired) electrons. The summed E-state index contributed by atoms with van der Waals surface area (Å²) in [5.74, 6) is -0.248. The van der Waals surface area contributed by atoms with Crippen LogP contribution >= 0.6 is 21.6 Å². The van der Waals surface area contributed by atoms with Gasteiger partial charge in [0, 0.05) is 70.4 Å². The molecule has 4 heterocycles. The molecule has 2 saturated heterocycles. The highest BCUT2D eigenvalue weighted by Gasteiger charge is 2.21. The van der Waals surface area contributed by atoms with Crippen molar-refractivity contribution in [2.45, 2.75) is 47.7 Å². The van der Waals surface area contributed by atoms with E-state index in [0.717, 1.165) is 70.5 Å². The minimum Gasteiger partial charge on any atom is -0.376 e. The standard InChI is InChI=1S/C30H30N4O4S2/c35-29(33-17-19-5-3-15-37-19)23-9-11-25(27-21(23)7-1-13-31-27)39-40-26-12-10-24(22-8-2-14-32-28(22)26)30(36)34-18-20-6-4-16-38-20/h1-2,7-14,19-20H,3-6,15-18H2,(H,33,35)(H,34,36). The number of nitrogens with one attached hydrogen (secondary N) is 2. The molecule has 8 nitrogen and oxygen atoms in total. The predicted octanol–water partition coefficient (Wildman–Crippen LogP) is 5.40. The van der Waals surface area contributed by atoms with Crippen molar-refractivity contribution in [2.75, 3.05) is 26.3 Å². The normalized spacial score (nSPS) is 18.8. The van der Waals surface area contributed by atoms with Gasteiger partial charge in [0.2, 0.25) is 0 Å². The Labute approximate surface area is 240 Å². The van der Waals surface area contributed by atoms with E-state index in [-0.39, 0.29) is 24.0 Å². The van der Waals surface area contributed by atoms with E-state index >= 15 is 0 Å². The van der Waals surface area contributed by atoms with E-state index in [1.54, 1.807) is 34.0 Å². The van der Waals surface area contributed by atoms with Crippen molar-refractivity contribution in [3.05, 3.63) is 72.1 Å². The Hall–Kier alpha value is -3.18. The molecule has 2 N–H and O–H groups in total. The van der Waals surface area contributed by atoms with Crippen molar-refractivity contribution in [1.29, 1.82) is 0 Å². The van der Waals surface area contributed by atoms with Crippen molar-refractivity contribution in [3.8, 4) is 0 Å². The molecule has 0 spiro atoms. The van der Waals surface area contributed by atoms with E-state index in [1.807, 2.05) is 48.5 Å². The lowest BCUT2D eigenvalue weighted by Crippen LogP contribution is -2.31. The summed E-state index contributed by atoms with van der Waals surface area (Å²) in [5, 5.41) is 7.65. The number of amides is 2. The van der Waals surface area contributed by atoms with Gasteiger partial charge in [-0.2, -0.15) is 0 Å². The molecule has 10 heteroatoms. The third kappa shape index (κ3) is 5.95. The molecule has 2 atom stereocenters. The minimum absolute atomic E-state index is 0.0850. The van der Waals surface area contributed by atoms with Crippen LogP contribution in [0.1, 0.15) is 46.4 Å². The summed E-state index contributed by atoms with van der Waals surface area (Å²) in [5.41, 5.74) is 2.74. The molecule has 2 aromatic heterocycles. The third-order valence-corrected chi connectivity index (χ3v) is 9.63. The summed E-state index contributed by atoms with van der Waals surface area (Å²) < 4.78 is 11.3. The predicted molar refractivity (Wildman–Crippen MR) is 158 cm³/mol. The van der Waals surface area contributed by atoms with Crippen molar-refractivity contribution < 1.29 is 19.1 Å². The Bertz CT molecular complexity index is 1420. The largest absolute Gasteiger partial charge is 0.376 e. The van der Waals surface area contributed by atoms with Crippen LogP contribution in [0.5, 0.6) is 0 Å². The average Bonchev–Trinajstić information content (AvgIpc) is 3.72. The van der Waals surface area contributed by atoms with Crippen LogP contribution in [-0.2, 0) is 9.47 Å². The van der Waals surface area contributed by atoms with Crippen molar-refractivity contribution in [2.24, 2.45) is 0 Å². The average molecular weight is 575 g/mol. The van der Waals surface area contributed by atoms with Crippen molar-refractivity contribution in [1.82, 2.24) is 20.6 Å². The van der Waals surface area contributed by atoms with Gasteiger partial charge in [-0.3, -0.25) is 19.6 Å². The fourth-order valence-corrected chi connectivity index (χ4v) is 7.38. The monoisotopic (exact) mass is 574 g/mol. The second-order valence-electron chi connectivity index (χ2n) is 9.88. The number of hydrogen-bond acceptors (Lipinski definition) is 8. The molecule has 2 aliphatic heterocycles. The van der Waals surface area contributed by atoms with Crippen molar-refractivity contribution in [3.63, 3.8) is 0 Å². The summed E-state index contributed by atoms with van der Waals surface area (Å²) in [4.78, 5) is 37.1. The molecular weight excluding hydrogens is 544 g/mol. The van der Waals surface area contributed by atoms with Crippen LogP contribution in [0.4, 0.5) is 0 Å². The van der Waals surface area contributed by atoms with E-state index in [1.165, 1.54) is 0 Å². The van der Waals surface area contributed by atoms with Crippen LogP contribution in [0.3, 0.4) is 0 Å². The van der Waals surface area contributed by atoms with E-state index in [4.69, 9.17) is 9.47 Å². The number of benzene rings is 2. The maximum Gasteiger partial charge on any atom is 0.252 e. The number of nitrogens with zero attached hydrogens (tertiary/aromatic N) is 2. The summed E-state index contributed by atoms with van der Waals surface area (Å²) in [6.45, 7) is 2.53. The lowest BCUT2D eigenvalue weighted by atomic mass is 10.1. The van der Waals surface area contributed by atoms with Gasteiger partial charge in [-0.15, -0.1) is 0 Å². The van der Waals surface area contributed by atoms with Gasteiger partial charge in [0.25, 0.3) is 11.8 Å². The Morgan fingerprint density at radius 3 is 1.62 bits per heavy atom. The Kier molecular flexibility index (Phi) is 8.48. The first-order valence-corrected chi connectivity index (χ1v) is 15.7. The van der Waals surface area contributed by atoms with Gasteiger partial charge in [-0.1, -0.05) is 33.7 Å². The highest BCUT2D eigenvalue weighted by atomic mass is 33.1. The van der Waals surface area contributed by atoms with Crippen LogP contribution in [0, 0.1) is 0 Å². The number of fused-ring (bicyclic) bond motifs is 2. The van der Waals surface area contributed by atoms with Crippen LogP contribution in [0.25, 0.3) is 21.8 Å². The van der Waals surface area contributed by atoms with E-state index in [0.29, 0.717) is 24.2 Å². The molecule has 0 saturated carbocycles. The molecular formula is C30H30N4O4S2. The topological polar surface area (TPSA) is 102 Å². The number of aromatic nitrogens is 2. The number of pyridine rings is 2. The number of ether oxygens (including phenoxy) is 2. The van der Waals surface area contributed by atoms with Crippen LogP contribution < -0.4 is 10.6 Å². The molecule has 4 aromatic rings. The van der Waals surface area contributed by atoms with Gasteiger partial charge in [0.05, 0.1) is 23.2 Å². The number of carbonyl (C=O) groups excluding carboxylic acids is 2. The Morgan fingerprint density at radius 1 is 0.725 bits per heavy atom. The zero-order chi connectivity index (χ0) is 27.3. The van der Waals surface area contributed by atoms with Gasteiger partial charge >= 0.3 is 0 Å². The van der Waals surface area contributed by atoms with Gasteiger partial charge in [-0.25, -0.2) is 0 Å². The van der Waals surface area contributed by atoms with E-state index < -0.39 is 0 Å². The smallest absolute Gasteiger partial charge is 0.252 e. The van der Waals surface area contributed by atoms with Gasteiger partial charge in [0.15, 0.2) is 0 Å². The molecule has 6 rings (SSSR count). The summed E-state index contributed by atoms with van der Waals surface area (Å²) in [6.07, 6.45) is 7.67. The minimum atomic E-state index is -0.124. The first-order valence-electron chi connectivity index (χ1n) is 13.6.